The van der Waals surface area contributed by atoms with Gasteiger partial charge in [-0.25, -0.2) is 0 Å². The third-order valence-corrected chi connectivity index (χ3v) is 4.79. The Morgan fingerprint density at radius 1 is 1.38 bits per heavy atom. The highest BCUT2D eigenvalue weighted by Crippen LogP contribution is 2.35. The SMILES string of the molecule is CCCCNC(=O)CCCOc1cc(C)c(Cl)c(C)c1Br. The third-order valence-electron chi connectivity index (χ3n) is 3.23. The van der Waals surface area contributed by atoms with E-state index in [9.17, 15) is 4.79 Å². The third kappa shape index (κ3) is 5.87. The Bertz CT molecular complexity index is 492. The Labute approximate surface area is 140 Å². The van der Waals surface area contributed by atoms with E-state index >= 15 is 0 Å². The fourth-order valence-corrected chi connectivity index (χ4v) is 2.60. The number of aryl methyl sites for hydroxylation is 1. The first-order valence-electron chi connectivity index (χ1n) is 7.32. The summed E-state index contributed by atoms with van der Waals surface area (Å²) in [5.74, 6) is 0.871. The quantitative estimate of drug-likeness (QED) is 0.662. The van der Waals surface area contributed by atoms with Crippen LogP contribution in [0.15, 0.2) is 10.5 Å². The molecule has 5 heteroatoms. The normalized spacial score (nSPS) is 10.5. The zero-order valence-electron chi connectivity index (χ0n) is 12.9. The van der Waals surface area contributed by atoms with Crippen molar-refractivity contribution in [2.75, 3.05) is 13.2 Å². The van der Waals surface area contributed by atoms with Gasteiger partial charge in [-0.15, -0.1) is 0 Å². The summed E-state index contributed by atoms with van der Waals surface area (Å²) in [4.78, 5) is 11.6. The van der Waals surface area contributed by atoms with Gasteiger partial charge in [-0.3, -0.25) is 4.79 Å². The number of amides is 1. The molecule has 0 atom stereocenters. The lowest BCUT2D eigenvalue weighted by Gasteiger charge is -2.13. The summed E-state index contributed by atoms with van der Waals surface area (Å²) in [6.45, 7) is 7.29. The van der Waals surface area contributed by atoms with Gasteiger partial charge in [-0.2, -0.15) is 0 Å². The summed E-state index contributed by atoms with van der Waals surface area (Å²) < 4.78 is 6.62. The van der Waals surface area contributed by atoms with Crippen LogP contribution in [-0.2, 0) is 4.79 Å². The summed E-state index contributed by atoms with van der Waals surface area (Å²) in [6, 6.07) is 1.92. The van der Waals surface area contributed by atoms with Crippen molar-refractivity contribution in [3.8, 4) is 5.75 Å². The van der Waals surface area contributed by atoms with Crippen molar-refractivity contribution < 1.29 is 9.53 Å². The fraction of sp³-hybridized carbons (Fsp3) is 0.562. The van der Waals surface area contributed by atoms with Gasteiger partial charge in [0.05, 0.1) is 11.1 Å². The number of ether oxygens (including phenoxy) is 1. The topological polar surface area (TPSA) is 38.3 Å². The van der Waals surface area contributed by atoms with Crippen LogP contribution in [0.1, 0.15) is 43.7 Å². The van der Waals surface area contributed by atoms with Gasteiger partial charge < -0.3 is 10.1 Å². The van der Waals surface area contributed by atoms with E-state index in [1.54, 1.807) is 0 Å². The summed E-state index contributed by atoms with van der Waals surface area (Å²) in [7, 11) is 0. The van der Waals surface area contributed by atoms with Crippen molar-refractivity contribution in [3.63, 3.8) is 0 Å². The Hall–Kier alpha value is -0.740. The standard InChI is InChI=1S/C16H23BrClNO2/c1-4-5-8-19-14(20)7-6-9-21-13-10-11(2)16(18)12(3)15(13)17/h10H,4-9H2,1-3H3,(H,19,20). The molecular formula is C16H23BrClNO2. The molecule has 0 bridgehead atoms. The second-order valence-corrected chi connectivity index (χ2v) is 6.27. The monoisotopic (exact) mass is 375 g/mol. The zero-order chi connectivity index (χ0) is 15.8. The lowest BCUT2D eigenvalue weighted by molar-refractivity contribution is -0.121. The van der Waals surface area contributed by atoms with E-state index in [2.05, 4.69) is 28.2 Å². The first-order valence-corrected chi connectivity index (χ1v) is 8.49. The summed E-state index contributed by atoms with van der Waals surface area (Å²) in [5, 5.41) is 3.65. The van der Waals surface area contributed by atoms with Crippen LogP contribution in [0.3, 0.4) is 0 Å². The van der Waals surface area contributed by atoms with Crippen molar-refractivity contribution >= 4 is 33.4 Å². The van der Waals surface area contributed by atoms with E-state index < -0.39 is 0 Å². The minimum Gasteiger partial charge on any atom is -0.492 e. The van der Waals surface area contributed by atoms with Crippen molar-refractivity contribution in [2.45, 2.75) is 46.5 Å². The Morgan fingerprint density at radius 2 is 2.10 bits per heavy atom. The average molecular weight is 377 g/mol. The van der Waals surface area contributed by atoms with Crippen LogP contribution in [0, 0.1) is 13.8 Å². The number of hydrogen-bond donors (Lipinski definition) is 1. The largest absolute Gasteiger partial charge is 0.492 e. The molecule has 0 aliphatic carbocycles. The molecule has 0 saturated heterocycles. The van der Waals surface area contributed by atoms with Gasteiger partial charge in [0.1, 0.15) is 5.75 Å². The number of hydrogen-bond acceptors (Lipinski definition) is 2. The van der Waals surface area contributed by atoms with Gasteiger partial charge in [0.15, 0.2) is 0 Å². The van der Waals surface area contributed by atoms with Gasteiger partial charge >= 0.3 is 0 Å². The molecule has 1 amide bonds. The predicted octanol–water partition coefficient (Wildman–Crippen LogP) is 4.79. The van der Waals surface area contributed by atoms with Crippen molar-refractivity contribution in [3.05, 3.63) is 26.7 Å². The highest BCUT2D eigenvalue weighted by molar-refractivity contribution is 9.10. The molecule has 0 aromatic heterocycles. The first kappa shape index (κ1) is 18.3. The molecule has 1 aromatic carbocycles. The number of rotatable bonds is 8. The van der Waals surface area contributed by atoms with Crippen LogP contribution in [0.5, 0.6) is 5.75 Å². The van der Waals surface area contributed by atoms with Crippen molar-refractivity contribution in [2.24, 2.45) is 0 Å². The molecule has 3 nitrogen and oxygen atoms in total. The van der Waals surface area contributed by atoms with Crippen LogP contribution >= 0.6 is 27.5 Å². The van der Waals surface area contributed by atoms with Gasteiger partial charge in [0.2, 0.25) is 5.91 Å². The predicted molar refractivity (Wildman–Crippen MR) is 91.3 cm³/mol. The number of nitrogens with one attached hydrogen (secondary N) is 1. The summed E-state index contributed by atoms with van der Waals surface area (Å²) in [5.41, 5.74) is 1.97. The van der Waals surface area contributed by atoms with E-state index in [0.717, 1.165) is 45.8 Å². The van der Waals surface area contributed by atoms with E-state index in [-0.39, 0.29) is 5.91 Å². The number of unbranched alkanes of at least 4 members (excludes halogenated alkanes) is 1. The summed E-state index contributed by atoms with van der Waals surface area (Å²) >= 11 is 9.68. The zero-order valence-corrected chi connectivity index (χ0v) is 15.2. The van der Waals surface area contributed by atoms with Crippen LogP contribution < -0.4 is 10.1 Å². The summed E-state index contributed by atoms with van der Waals surface area (Å²) in [6.07, 6.45) is 3.31. The van der Waals surface area contributed by atoms with Crippen molar-refractivity contribution in [1.82, 2.24) is 5.32 Å². The minimum atomic E-state index is 0.0922. The number of halogens is 2. The maximum absolute atomic E-state index is 11.6. The first-order chi connectivity index (χ1) is 9.97. The molecule has 118 valence electrons. The fourth-order valence-electron chi connectivity index (χ4n) is 1.91. The van der Waals surface area contributed by atoms with Gasteiger partial charge in [-0.1, -0.05) is 24.9 Å². The highest BCUT2D eigenvalue weighted by Gasteiger charge is 2.11. The Balaban J connectivity index is 2.38. The molecule has 0 fully saturated rings. The molecule has 1 aromatic rings. The number of benzene rings is 1. The van der Waals surface area contributed by atoms with Gasteiger partial charge in [0, 0.05) is 18.0 Å². The molecule has 0 spiro atoms. The average Bonchev–Trinajstić information content (AvgIpc) is 2.46. The minimum absolute atomic E-state index is 0.0922. The maximum Gasteiger partial charge on any atom is 0.220 e. The van der Waals surface area contributed by atoms with Crippen molar-refractivity contribution in [1.29, 1.82) is 0 Å². The highest BCUT2D eigenvalue weighted by atomic mass is 79.9. The second-order valence-electron chi connectivity index (χ2n) is 5.10. The Morgan fingerprint density at radius 3 is 2.76 bits per heavy atom. The molecule has 0 heterocycles. The van der Waals surface area contributed by atoms with E-state index in [1.807, 2.05) is 19.9 Å². The van der Waals surface area contributed by atoms with Crippen LogP contribution in [0.25, 0.3) is 0 Å². The van der Waals surface area contributed by atoms with Gasteiger partial charge in [-0.05, 0) is 59.8 Å². The molecule has 0 aliphatic heterocycles. The van der Waals surface area contributed by atoms with E-state index in [1.165, 1.54) is 0 Å². The second kappa shape index (κ2) is 9.31. The Kier molecular flexibility index (Phi) is 8.12. The van der Waals surface area contributed by atoms with Crippen LogP contribution in [0.2, 0.25) is 5.02 Å². The van der Waals surface area contributed by atoms with Crippen LogP contribution in [0.4, 0.5) is 0 Å². The molecule has 0 unspecified atom stereocenters. The molecule has 21 heavy (non-hydrogen) atoms. The lowest BCUT2D eigenvalue weighted by Crippen LogP contribution is -2.24. The van der Waals surface area contributed by atoms with E-state index in [0.29, 0.717) is 19.4 Å². The van der Waals surface area contributed by atoms with Crippen LogP contribution in [-0.4, -0.2) is 19.1 Å². The molecule has 1 rings (SSSR count). The molecular weight excluding hydrogens is 354 g/mol. The number of carbonyl (C=O) groups excluding carboxylic acids is 1. The lowest BCUT2D eigenvalue weighted by atomic mass is 10.1. The maximum atomic E-state index is 11.6. The molecule has 0 radical (unpaired) electrons. The molecule has 0 saturated carbocycles. The number of carbonyl (C=O) groups is 1. The van der Waals surface area contributed by atoms with Gasteiger partial charge in [0.25, 0.3) is 0 Å². The molecule has 0 aliphatic rings. The van der Waals surface area contributed by atoms with E-state index in [4.69, 9.17) is 16.3 Å². The molecule has 1 N–H and O–H groups in total. The smallest absolute Gasteiger partial charge is 0.220 e.